The number of rotatable bonds is 4. The molecular formula is C21H17NO5. The van der Waals surface area contributed by atoms with Gasteiger partial charge in [0.25, 0.3) is 0 Å². The average molecular weight is 363 g/mol. The first-order valence-electron chi connectivity index (χ1n) is 8.21. The monoisotopic (exact) mass is 363 g/mol. The van der Waals surface area contributed by atoms with Crippen LogP contribution < -0.4 is 10.2 Å². The zero-order chi connectivity index (χ0) is 18.9. The van der Waals surface area contributed by atoms with Gasteiger partial charge in [0.05, 0.1) is 0 Å². The number of carbonyl (C=O) groups excluding carboxylic acids is 2. The molecular weight excluding hydrogens is 346 g/mol. The molecule has 1 amide bonds. The minimum absolute atomic E-state index is 0.0397. The molecule has 0 aliphatic heterocycles. The SMILES string of the molecule is O=C(NOC(=O)Oc1ccccc1)OCc1ccc(-c2ccccc2)cc1. The third-order valence-electron chi connectivity index (χ3n) is 3.59. The van der Waals surface area contributed by atoms with Crippen molar-refractivity contribution in [3.05, 3.63) is 90.5 Å². The number of hydroxylamine groups is 1. The molecule has 0 bridgehead atoms. The van der Waals surface area contributed by atoms with Gasteiger partial charge in [0.15, 0.2) is 0 Å². The highest BCUT2D eigenvalue weighted by Crippen LogP contribution is 2.19. The van der Waals surface area contributed by atoms with Gasteiger partial charge in [0, 0.05) is 0 Å². The zero-order valence-electron chi connectivity index (χ0n) is 14.3. The Kier molecular flexibility index (Phi) is 6.04. The fourth-order valence-electron chi connectivity index (χ4n) is 2.29. The van der Waals surface area contributed by atoms with Gasteiger partial charge >= 0.3 is 12.2 Å². The number of hydrogen-bond donors (Lipinski definition) is 1. The van der Waals surface area contributed by atoms with Crippen LogP contribution in [0.3, 0.4) is 0 Å². The molecule has 0 atom stereocenters. The molecule has 0 fully saturated rings. The van der Waals surface area contributed by atoms with Crippen LogP contribution in [0.5, 0.6) is 5.75 Å². The Hall–Kier alpha value is -3.80. The first-order chi connectivity index (χ1) is 13.2. The fraction of sp³-hybridized carbons (Fsp3) is 0.0476. The van der Waals surface area contributed by atoms with E-state index in [1.165, 1.54) is 0 Å². The molecule has 27 heavy (non-hydrogen) atoms. The first kappa shape index (κ1) is 18.0. The molecule has 6 heteroatoms. The summed E-state index contributed by atoms with van der Waals surface area (Å²) in [5.74, 6) is 0.302. The Balaban J connectivity index is 1.42. The van der Waals surface area contributed by atoms with Gasteiger partial charge in [-0.1, -0.05) is 72.8 Å². The summed E-state index contributed by atoms with van der Waals surface area (Å²) >= 11 is 0. The Bertz CT molecular complexity index is 879. The Labute approximate surface area is 156 Å². The molecule has 1 N–H and O–H groups in total. The molecule has 0 heterocycles. The van der Waals surface area contributed by atoms with Crippen molar-refractivity contribution in [3.8, 4) is 16.9 Å². The molecule has 0 aliphatic rings. The van der Waals surface area contributed by atoms with Gasteiger partial charge in [-0.15, -0.1) is 5.48 Å². The summed E-state index contributed by atoms with van der Waals surface area (Å²) < 4.78 is 9.84. The number of amides is 1. The highest BCUT2D eigenvalue weighted by atomic mass is 16.8. The lowest BCUT2D eigenvalue weighted by atomic mass is 10.0. The van der Waals surface area contributed by atoms with Crippen molar-refractivity contribution in [2.24, 2.45) is 0 Å². The maximum Gasteiger partial charge on any atom is 0.539 e. The molecule has 0 saturated carbocycles. The minimum atomic E-state index is -1.06. The van der Waals surface area contributed by atoms with Crippen molar-refractivity contribution in [1.82, 2.24) is 5.48 Å². The number of carbonyl (C=O) groups is 2. The standard InChI is InChI=1S/C21H17NO5/c23-20(22-27-21(24)26-19-9-5-2-6-10-19)25-15-16-11-13-18(14-12-16)17-7-3-1-4-8-17/h1-14H,15H2,(H,22,23). The Morgan fingerprint density at radius 1 is 0.741 bits per heavy atom. The van der Waals surface area contributed by atoms with E-state index in [0.29, 0.717) is 5.75 Å². The van der Waals surface area contributed by atoms with E-state index >= 15 is 0 Å². The van der Waals surface area contributed by atoms with Crippen LogP contribution in [0.15, 0.2) is 84.9 Å². The normalized spacial score (nSPS) is 9.93. The lowest BCUT2D eigenvalue weighted by molar-refractivity contribution is 0.0363. The molecule has 136 valence electrons. The van der Waals surface area contributed by atoms with Gasteiger partial charge in [-0.25, -0.2) is 9.59 Å². The van der Waals surface area contributed by atoms with E-state index in [1.54, 1.807) is 30.3 Å². The Morgan fingerprint density at radius 3 is 2.00 bits per heavy atom. The van der Waals surface area contributed by atoms with Crippen LogP contribution in [0.4, 0.5) is 9.59 Å². The van der Waals surface area contributed by atoms with Gasteiger partial charge in [-0.3, -0.25) is 0 Å². The molecule has 0 unspecified atom stereocenters. The predicted octanol–water partition coefficient (Wildman–Crippen LogP) is 4.71. The minimum Gasteiger partial charge on any atom is -0.443 e. The molecule has 0 saturated heterocycles. The van der Waals surface area contributed by atoms with Crippen LogP contribution in [-0.2, 0) is 16.2 Å². The van der Waals surface area contributed by atoms with E-state index in [2.05, 4.69) is 4.84 Å². The number of hydrogen-bond acceptors (Lipinski definition) is 5. The maximum atomic E-state index is 11.6. The van der Waals surface area contributed by atoms with E-state index in [1.807, 2.05) is 60.1 Å². The van der Waals surface area contributed by atoms with E-state index in [9.17, 15) is 9.59 Å². The summed E-state index contributed by atoms with van der Waals surface area (Å²) in [5.41, 5.74) is 4.85. The molecule has 6 nitrogen and oxygen atoms in total. The molecule has 3 aromatic rings. The van der Waals surface area contributed by atoms with Crippen molar-refractivity contribution in [2.75, 3.05) is 0 Å². The number of nitrogens with one attached hydrogen (secondary N) is 1. The predicted molar refractivity (Wildman–Crippen MR) is 98.7 cm³/mol. The van der Waals surface area contributed by atoms with Crippen LogP contribution in [0.1, 0.15) is 5.56 Å². The summed E-state index contributed by atoms with van der Waals surface area (Å²) in [6.07, 6.45) is -1.96. The number of benzene rings is 3. The lowest BCUT2D eigenvalue weighted by Gasteiger charge is -2.08. The topological polar surface area (TPSA) is 73.9 Å². The second kappa shape index (κ2) is 9.05. The third-order valence-corrected chi connectivity index (χ3v) is 3.59. The first-order valence-corrected chi connectivity index (χ1v) is 8.21. The van der Waals surface area contributed by atoms with Crippen LogP contribution in [-0.4, -0.2) is 12.2 Å². The highest BCUT2D eigenvalue weighted by molar-refractivity contribution is 5.70. The van der Waals surface area contributed by atoms with Crippen molar-refractivity contribution in [3.63, 3.8) is 0 Å². The van der Waals surface area contributed by atoms with Crippen molar-refractivity contribution in [1.29, 1.82) is 0 Å². The van der Waals surface area contributed by atoms with E-state index in [-0.39, 0.29) is 6.61 Å². The van der Waals surface area contributed by atoms with Crippen LogP contribution in [0, 0.1) is 0 Å². The largest absolute Gasteiger partial charge is 0.539 e. The summed E-state index contributed by atoms with van der Waals surface area (Å²) in [4.78, 5) is 27.5. The second-order valence-electron chi connectivity index (χ2n) is 5.51. The van der Waals surface area contributed by atoms with E-state index < -0.39 is 12.2 Å². The van der Waals surface area contributed by atoms with Gasteiger partial charge in [-0.2, -0.15) is 0 Å². The molecule has 0 spiro atoms. The molecule has 0 aliphatic carbocycles. The maximum absolute atomic E-state index is 11.6. The van der Waals surface area contributed by atoms with Crippen molar-refractivity contribution < 1.29 is 23.9 Å². The molecule has 3 aromatic carbocycles. The number of para-hydroxylation sites is 1. The highest BCUT2D eigenvalue weighted by Gasteiger charge is 2.10. The molecule has 3 rings (SSSR count). The number of ether oxygens (including phenoxy) is 2. The summed E-state index contributed by atoms with van der Waals surface area (Å²) in [5, 5.41) is 0. The van der Waals surface area contributed by atoms with Crippen molar-refractivity contribution in [2.45, 2.75) is 6.61 Å². The zero-order valence-corrected chi connectivity index (χ0v) is 14.3. The Morgan fingerprint density at radius 2 is 1.33 bits per heavy atom. The quantitative estimate of drug-likeness (QED) is 0.413. The summed E-state index contributed by atoms with van der Waals surface area (Å²) in [7, 11) is 0. The second-order valence-corrected chi connectivity index (χ2v) is 5.51. The average Bonchev–Trinajstić information content (AvgIpc) is 2.72. The van der Waals surface area contributed by atoms with Crippen LogP contribution >= 0.6 is 0 Å². The van der Waals surface area contributed by atoms with Gasteiger partial charge in [-0.05, 0) is 28.8 Å². The lowest BCUT2D eigenvalue weighted by Crippen LogP contribution is -2.29. The van der Waals surface area contributed by atoms with Gasteiger partial charge in [0.1, 0.15) is 12.4 Å². The smallest absolute Gasteiger partial charge is 0.443 e. The third kappa shape index (κ3) is 5.61. The summed E-state index contributed by atoms with van der Waals surface area (Å²) in [6, 6.07) is 25.9. The van der Waals surface area contributed by atoms with Gasteiger partial charge in [0.2, 0.25) is 0 Å². The molecule has 0 aromatic heterocycles. The fourth-order valence-corrected chi connectivity index (χ4v) is 2.29. The van der Waals surface area contributed by atoms with Crippen LogP contribution in [0.25, 0.3) is 11.1 Å². The summed E-state index contributed by atoms with van der Waals surface area (Å²) in [6.45, 7) is 0.0397. The van der Waals surface area contributed by atoms with Crippen molar-refractivity contribution >= 4 is 12.2 Å². The van der Waals surface area contributed by atoms with E-state index in [0.717, 1.165) is 16.7 Å². The van der Waals surface area contributed by atoms with E-state index in [4.69, 9.17) is 9.47 Å². The van der Waals surface area contributed by atoms with Gasteiger partial charge < -0.3 is 14.3 Å². The molecule has 0 radical (unpaired) electrons. The van der Waals surface area contributed by atoms with Crippen LogP contribution in [0.2, 0.25) is 0 Å².